The summed E-state index contributed by atoms with van der Waals surface area (Å²) in [6.07, 6.45) is 4.35. The van der Waals surface area contributed by atoms with E-state index in [1.54, 1.807) is 54.6 Å². The molecule has 0 saturated carbocycles. The minimum Gasteiger partial charge on any atom is -0.493 e. The Morgan fingerprint density at radius 1 is 0.886 bits per heavy atom. The van der Waals surface area contributed by atoms with Gasteiger partial charge in [-0.2, -0.15) is 0 Å². The second kappa shape index (κ2) is 10.7. The van der Waals surface area contributed by atoms with Crippen molar-refractivity contribution in [2.45, 2.75) is 0 Å². The second-order valence-corrected chi connectivity index (χ2v) is 9.14. The van der Waals surface area contributed by atoms with Crippen LogP contribution in [0.3, 0.4) is 0 Å². The number of benzene rings is 2. The maximum atomic E-state index is 12.9. The lowest BCUT2D eigenvalue weighted by Gasteiger charge is -2.15. The SMILES string of the molecule is COc1ccccc1Oc1c(Cl)nc(-c2ncccn2)nc1NS(=O)(=O)C=Cc1ccccc1Cl. The van der Waals surface area contributed by atoms with Crippen molar-refractivity contribution < 1.29 is 17.9 Å². The number of hydrogen-bond acceptors (Lipinski definition) is 8. The van der Waals surface area contributed by atoms with Gasteiger partial charge in [-0.15, -0.1) is 0 Å². The van der Waals surface area contributed by atoms with Gasteiger partial charge < -0.3 is 9.47 Å². The Hall–Kier alpha value is -3.73. The Labute approximate surface area is 211 Å². The number of para-hydroxylation sites is 2. The predicted molar refractivity (Wildman–Crippen MR) is 134 cm³/mol. The lowest BCUT2D eigenvalue weighted by molar-refractivity contribution is 0.378. The lowest BCUT2D eigenvalue weighted by atomic mass is 10.2. The topological polar surface area (TPSA) is 116 Å². The number of methoxy groups -OCH3 is 1. The molecule has 0 aliphatic rings. The molecule has 0 unspecified atom stereocenters. The van der Waals surface area contributed by atoms with Crippen molar-refractivity contribution in [2.75, 3.05) is 11.8 Å². The molecular weight excluding hydrogens is 513 g/mol. The highest BCUT2D eigenvalue weighted by Gasteiger charge is 2.22. The summed E-state index contributed by atoms with van der Waals surface area (Å²) in [5.74, 6) is 0.455. The third-order valence-electron chi connectivity index (χ3n) is 4.44. The zero-order valence-electron chi connectivity index (χ0n) is 18.1. The number of aromatic nitrogens is 4. The van der Waals surface area contributed by atoms with E-state index >= 15 is 0 Å². The van der Waals surface area contributed by atoms with Crippen molar-refractivity contribution in [1.29, 1.82) is 0 Å². The van der Waals surface area contributed by atoms with Gasteiger partial charge in [0.1, 0.15) is 0 Å². The smallest absolute Gasteiger partial charge is 0.256 e. The van der Waals surface area contributed by atoms with Gasteiger partial charge in [0, 0.05) is 17.4 Å². The molecule has 4 rings (SSSR count). The van der Waals surface area contributed by atoms with Gasteiger partial charge in [0.15, 0.2) is 28.3 Å². The van der Waals surface area contributed by atoms with Crippen molar-refractivity contribution in [3.05, 3.63) is 88.1 Å². The van der Waals surface area contributed by atoms with Crippen molar-refractivity contribution in [3.8, 4) is 28.9 Å². The third kappa shape index (κ3) is 6.04. The molecule has 12 heteroatoms. The molecule has 0 spiro atoms. The first-order valence-corrected chi connectivity index (χ1v) is 12.3. The maximum absolute atomic E-state index is 12.9. The molecule has 0 radical (unpaired) electrons. The zero-order chi connectivity index (χ0) is 24.8. The van der Waals surface area contributed by atoms with Crippen LogP contribution in [0.1, 0.15) is 5.56 Å². The molecule has 2 aromatic carbocycles. The fraction of sp³-hybridized carbons (Fsp3) is 0.0435. The van der Waals surface area contributed by atoms with E-state index in [9.17, 15) is 8.42 Å². The Balaban J connectivity index is 1.76. The summed E-state index contributed by atoms with van der Waals surface area (Å²) in [7, 11) is -2.61. The van der Waals surface area contributed by atoms with Gasteiger partial charge in [0.2, 0.25) is 11.6 Å². The van der Waals surface area contributed by atoms with Gasteiger partial charge in [-0.25, -0.2) is 28.4 Å². The first kappa shape index (κ1) is 24.4. The van der Waals surface area contributed by atoms with Gasteiger partial charge in [-0.1, -0.05) is 53.5 Å². The molecule has 4 aromatic rings. The molecule has 35 heavy (non-hydrogen) atoms. The van der Waals surface area contributed by atoms with Crippen LogP contribution in [0.25, 0.3) is 17.7 Å². The van der Waals surface area contributed by atoms with E-state index in [-0.39, 0.29) is 34.1 Å². The van der Waals surface area contributed by atoms with Crippen LogP contribution in [0.5, 0.6) is 17.2 Å². The highest BCUT2D eigenvalue weighted by Crippen LogP contribution is 2.39. The largest absolute Gasteiger partial charge is 0.493 e. The van der Waals surface area contributed by atoms with Gasteiger partial charge in [0.05, 0.1) is 12.5 Å². The molecular formula is C23H17Cl2N5O4S. The number of halogens is 2. The second-order valence-electron chi connectivity index (χ2n) is 6.81. The summed E-state index contributed by atoms with van der Waals surface area (Å²) >= 11 is 12.5. The molecule has 2 aromatic heterocycles. The average molecular weight is 530 g/mol. The molecule has 2 heterocycles. The summed E-state index contributed by atoms with van der Waals surface area (Å²) in [6.45, 7) is 0. The summed E-state index contributed by atoms with van der Waals surface area (Å²) in [5, 5.41) is 1.18. The minimum absolute atomic E-state index is 0.00393. The van der Waals surface area contributed by atoms with E-state index in [0.29, 0.717) is 16.3 Å². The average Bonchev–Trinajstić information content (AvgIpc) is 2.86. The fourth-order valence-electron chi connectivity index (χ4n) is 2.85. The van der Waals surface area contributed by atoms with Crippen molar-refractivity contribution >= 4 is 45.1 Å². The first-order valence-electron chi connectivity index (χ1n) is 9.97. The Morgan fingerprint density at radius 2 is 1.57 bits per heavy atom. The van der Waals surface area contributed by atoms with Crippen LogP contribution in [-0.2, 0) is 10.0 Å². The molecule has 0 amide bonds. The van der Waals surface area contributed by atoms with E-state index in [4.69, 9.17) is 32.7 Å². The van der Waals surface area contributed by atoms with Crippen molar-refractivity contribution in [2.24, 2.45) is 0 Å². The number of sulfonamides is 1. The number of ether oxygens (including phenoxy) is 2. The van der Waals surface area contributed by atoms with E-state index in [1.165, 1.54) is 25.6 Å². The molecule has 0 aliphatic heterocycles. The summed E-state index contributed by atoms with van der Waals surface area (Å²) < 4.78 is 39.4. The zero-order valence-corrected chi connectivity index (χ0v) is 20.4. The van der Waals surface area contributed by atoms with Gasteiger partial charge in [-0.3, -0.25) is 4.72 Å². The fourth-order valence-corrected chi connectivity index (χ4v) is 4.06. The van der Waals surface area contributed by atoms with E-state index < -0.39 is 10.0 Å². The van der Waals surface area contributed by atoms with Crippen molar-refractivity contribution in [3.63, 3.8) is 0 Å². The highest BCUT2D eigenvalue weighted by atomic mass is 35.5. The monoisotopic (exact) mass is 529 g/mol. The summed E-state index contributed by atoms with van der Waals surface area (Å²) in [5.41, 5.74) is 0.518. The third-order valence-corrected chi connectivity index (χ3v) is 6.01. The molecule has 178 valence electrons. The van der Waals surface area contributed by atoms with Crippen LogP contribution in [0.2, 0.25) is 10.2 Å². The quantitative estimate of drug-likeness (QED) is 0.299. The summed E-state index contributed by atoms with van der Waals surface area (Å²) in [4.78, 5) is 16.6. The first-order chi connectivity index (χ1) is 16.9. The maximum Gasteiger partial charge on any atom is 0.256 e. The Bertz CT molecular complexity index is 1480. The van der Waals surface area contributed by atoms with Crippen LogP contribution >= 0.6 is 23.2 Å². The lowest BCUT2D eigenvalue weighted by Crippen LogP contribution is -2.13. The van der Waals surface area contributed by atoms with E-state index in [1.807, 2.05) is 0 Å². The molecule has 0 bridgehead atoms. The number of nitrogens with zero attached hydrogens (tertiary/aromatic N) is 4. The van der Waals surface area contributed by atoms with Gasteiger partial charge in [0.25, 0.3) is 10.0 Å². The highest BCUT2D eigenvalue weighted by molar-refractivity contribution is 7.95. The van der Waals surface area contributed by atoms with Crippen LogP contribution in [0.4, 0.5) is 5.82 Å². The van der Waals surface area contributed by atoms with E-state index in [0.717, 1.165) is 5.41 Å². The molecule has 9 nitrogen and oxygen atoms in total. The van der Waals surface area contributed by atoms with Gasteiger partial charge >= 0.3 is 0 Å². The Kier molecular flexibility index (Phi) is 7.45. The normalized spacial score (nSPS) is 11.4. The van der Waals surface area contributed by atoms with Crippen molar-refractivity contribution in [1.82, 2.24) is 19.9 Å². The van der Waals surface area contributed by atoms with Crippen LogP contribution in [0, 0.1) is 0 Å². The minimum atomic E-state index is -4.09. The molecule has 1 N–H and O–H groups in total. The number of hydrogen-bond donors (Lipinski definition) is 1. The van der Waals surface area contributed by atoms with Crippen LogP contribution in [-0.4, -0.2) is 35.5 Å². The van der Waals surface area contributed by atoms with Crippen LogP contribution < -0.4 is 14.2 Å². The molecule has 0 atom stereocenters. The summed E-state index contributed by atoms with van der Waals surface area (Å²) in [6, 6.07) is 15.2. The Morgan fingerprint density at radius 3 is 2.29 bits per heavy atom. The number of nitrogens with one attached hydrogen (secondary N) is 1. The van der Waals surface area contributed by atoms with E-state index in [2.05, 4.69) is 24.7 Å². The predicted octanol–water partition coefficient (Wildman–Crippen LogP) is 5.45. The number of rotatable bonds is 8. The van der Waals surface area contributed by atoms with Crippen LogP contribution in [0.15, 0.2) is 72.4 Å². The molecule has 0 saturated heterocycles. The number of anilines is 1. The van der Waals surface area contributed by atoms with Gasteiger partial charge in [-0.05, 0) is 35.9 Å². The molecule has 0 fully saturated rings. The molecule has 0 aliphatic carbocycles. The standard InChI is InChI=1S/C23H17Cl2N5O4S/c1-33-17-9-4-5-10-18(17)34-19-20(25)28-23(22-26-12-6-13-27-22)29-21(19)30-35(31,32)14-11-15-7-2-3-8-16(15)24/h2-14H,1H3,(H,28,29,30).